The molecule has 4 N–H and O–H groups in total. The number of anilines is 3. The fourth-order valence-electron chi connectivity index (χ4n) is 8.34. The highest BCUT2D eigenvalue weighted by Gasteiger charge is 2.24. The molecule has 1 heterocycles. The van der Waals surface area contributed by atoms with Crippen molar-refractivity contribution in [3.05, 3.63) is 120 Å². The molecule has 0 saturated heterocycles. The summed E-state index contributed by atoms with van der Waals surface area (Å²) >= 11 is 27.4. The van der Waals surface area contributed by atoms with Gasteiger partial charge in [-0.25, -0.2) is 4.68 Å². The monoisotopic (exact) mass is 1050 g/mol. The Labute approximate surface area is 440 Å². The highest BCUT2D eigenvalue weighted by molar-refractivity contribution is 7.99. The third-order valence-electron chi connectivity index (χ3n) is 12.3. The van der Waals surface area contributed by atoms with Gasteiger partial charge in [0.25, 0.3) is 11.5 Å². The molecule has 380 valence electrons. The number of hydrogen-bond acceptors (Lipinski definition) is 6. The summed E-state index contributed by atoms with van der Waals surface area (Å²) in [6.45, 7) is 7.69. The van der Waals surface area contributed by atoms with E-state index in [-0.39, 0.29) is 38.3 Å². The predicted octanol–water partition coefficient (Wildman–Crippen LogP) is 17.4. The Bertz CT molecular complexity index is 2450. The standard InChI is InChI=1S/C56H73Cl4N5O4S/c1-4-7-10-11-12-13-14-15-16-17-20-29-51(66)62-43-31-32-45(58)48(39-43)63-54-53(56(68)65(64-54)52-46(59)37-42(57)38-47(52)60)70-50-28-22-21-27-44(50)55(67)61-34-23-24-35-69-49-33-30-40(25-18-8-5-2)36-41(49)26-19-9-6-3/h21-22,27-28,30-33,36-39,63-64H,4-20,23-26,29,34-35H2,1-3H3,(H,61,67)(H,62,66). The first-order valence-electron chi connectivity index (χ1n) is 25.7. The SMILES string of the molecule is CCCCCCCCCCCCCC(=O)Nc1ccc(Cl)c(Nc2[nH]n(-c3c(Cl)cc(Cl)cc3Cl)c(=O)c2Sc2ccccc2C(=O)NCCCCOc2ccc(CCCCC)cc2CCCCC)c1. The van der Waals surface area contributed by atoms with Gasteiger partial charge in [-0.05, 0) is 105 Å². The molecule has 0 spiro atoms. The summed E-state index contributed by atoms with van der Waals surface area (Å²) in [6.07, 6.45) is 24.4. The number of nitrogens with one attached hydrogen (secondary N) is 4. The number of H-pyrrole nitrogens is 1. The molecule has 2 amide bonds. The summed E-state index contributed by atoms with van der Waals surface area (Å²) in [5.41, 5.74) is 3.75. The quantitative estimate of drug-likeness (QED) is 0.0311. The van der Waals surface area contributed by atoms with E-state index in [1.54, 1.807) is 36.4 Å². The number of nitrogens with zero attached hydrogens (tertiary/aromatic N) is 1. The number of unbranched alkanes of at least 4 members (excludes halogenated alkanes) is 15. The van der Waals surface area contributed by atoms with Gasteiger partial charge in [-0.3, -0.25) is 19.5 Å². The molecule has 9 nitrogen and oxygen atoms in total. The molecule has 0 aliphatic rings. The Morgan fingerprint density at radius 3 is 2.01 bits per heavy atom. The number of aromatic amines is 1. The Morgan fingerprint density at radius 1 is 0.671 bits per heavy atom. The van der Waals surface area contributed by atoms with Crippen molar-refractivity contribution in [2.45, 2.75) is 172 Å². The first-order chi connectivity index (χ1) is 34.0. The van der Waals surface area contributed by atoms with Gasteiger partial charge in [0.1, 0.15) is 22.2 Å². The summed E-state index contributed by atoms with van der Waals surface area (Å²) in [4.78, 5) is 42.0. The molecule has 0 unspecified atom stereocenters. The van der Waals surface area contributed by atoms with Crippen LogP contribution >= 0.6 is 58.2 Å². The molecule has 14 heteroatoms. The van der Waals surface area contributed by atoms with Gasteiger partial charge in [-0.1, -0.05) is 193 Å². The molecule has 0 aliphatic carbocycles. The second kappa shape index (κ2) is 31.4. The van der Waals surface area contributed by atoms with Crippen molar-refractivity contribution in [2.75, 3.05) is 23.8 Å². The molecular weight excluding hydrogens is 981 g/mol. The van der Waals surface area contributed by atoms with Crippen LogP contribution in [0, 0.1) is 0 Å². The molecule has 4 aromatic carbocycles. The van der Waals surface area contributed by atoms with Gasteiger partial charge < -0.3 is 20.7 Å². The summed E-state index contributed by atoms with van der Waals surface area (Å²) < 4.78 is 7.55. The fourth-order valence-corrected chi connectivity index (χ4v) is 10.5. The molecule has 0 saturated carbocycles. The van der Waals surface area contributed by atoms with Crippen LogP contribution in [0.3, 0.4) is 0 Å². The number of ether oxygens (including phenoxy) is 1. The van der Waals surface area contributed by atoms with Gasteiger partial charge in [0.05, 0.1) is 32.9 Å². The van der Waals surface area contributed by atoms with E-state index in [2.05, 4.69) is 60.0 Å². The van der Waals surface area contributed by atoms with Gasteiger partial charge in [0.15, 0.2) is 0 Å². The molecule has 0 radical (unpaired) electrons. The van der Waals surface area contributed by atoms with Crippen molar-refractivity contribution in [1.82, 2.24) is 15.1 Å². The van der Waals surface area contributed by atoms with Crippen LogP contribution in [-0.4, -0.2) is 34.7 Å². The lowest BCUT2D eigenvalue weighted by Crippen LogP contribution is -2.25. The topological polar surface area (TPSA) is 117 Å². The minimum absolute atomic E-state index is 0.0827. The van der Waals surface area contributed by atoms with Crippen molar-refractivity contribution >= 4 is 87.2 Å². The number of aromatic nitrogens is 2. The van der Waals surface area contributed by atoms with Gasteiger partial charge >= 0.3 is 0 Å². The van der Waals surface area contributed by atoms with Crippen molar-refractivity contribution in [3.8, 4) is 11.4 Å². The number of aryl methyl sites for hydroxylation is 2. The van der Waals surface area contributed by atoms with E-state index in [4.69, 9.17) is 51.1 Å². The molecule has 0 bridgehead atoms. The average molecular weight is 1050 g/mol. The summed E-state index contributed by atoms with van der Waals surface area (Å²) in [5.74, 6) is 0.865. The lowest BCUT2D eigenvalue weighted by Gasteiger charge is -2.14. The van der Waals surface area contributed by atoms with E-state index in [0.29, 0.717) is 51.5 Å². The first-order valence-corrected chi connectivity index (χ1v) is 28.0. The second-order valence-electron chi connectivity index (χ2n) is 18.1. The van der Waals surface area contributed by atoms with Gasteiger partial charge in [0, 0.05) is 28.6 Å². The number of amides is 2. The average Bonchev–Trinajstić information content (AvgIpc) is 3.63. The third kappa shape index (κ3) is 18.5. The van der Waals surface area contributed by atoms with E-state index >= 15 is 0 Å². The van der Waals surface area contributed by atoms with E-state index < -0.39 is 5.56 Å². The molecule has 0 aliphatic heterocycles. The van der Waals surface area contributed by atoms with Crippen LogP contribution in [0.15, 0.2) is 87.4 Å². The highest BCUT2D eigenvalue weighted by Crippen LogP contribution is 2.38. The van der Waals surface area contributed by atoms with Gasteiger partial charge in [-0.15, -0.1) is 0 Å². The molecular formula is C56H73Cl4N5O4S. The zero-order chi connectivity index (χ0) is 50.1. The number of rotatable bonds is 33. The largest absolute Gasteiger partial charge is 0.493 e. The van der Waals surface area contributed by atoms with Crippen molar-refractivity contribution < 1.29 is 14.3 Å². The summed E-state index contributed by atoms with van der Waals surface area (Å²) in [7, 11) is 0. The number of carbonyl (C=O) groups excluding carboxylic acids is 2. The van der Waals surface area contributed by atoms with Gasteiger partial charge in [-0.2, -0.15) is 0 Å². The van der Waals surface area contributed by atoms with Crippen molar-refractivity contribution in [3.63, 3.8) is 0 Å². The fraction of sp³-hybridized carbons (Fsp3) is 0.482. The van der Waals surface area contributed by atoms with E-state index in [1.165, 1.54) is 111 Å². The van der Waals surface area contributed by atoms with Crippen LogP contribution in [0.2, 0.25) is 20.1 Å². The molecule has 5 rings (SSSR count). The van der Waals surface area contributed by atoms with E-state index in [0.717, 1.165) is 68.9 Å². The number of hydrogen-bond donors (Lipinski definition) is 4. The van der Waals surface area contributed by atoms with E-state index in [9.17, 15) is 14.4 Å². The van der Waals surface area contributed by atoms with Gasteiger partial charge in [0.2, 0.25) is 5.91 Å². The van der Waals surface area contributed by atoms with Crippen LogP contribution in [0.5, 0.6) is 5.75 Å². The zero-order valence-electron chi connectivity index (χ0n) is 41.4. The van der Waals surface area contributed by atoms with Crippen LogP contribution < -0.4 is 26.2 Å². The Hall–Kier alpha value is -4.06. The van der Waals surface area contributed by atoms with Crippen LogP contribution in [0.4, 0.5) is 17.2 Å². The normalized spacial score (nSPS) is 11.2. The van der Waals surface area contributed by atoms with Crippen LogP contribution in [0.25, 0.3) is 5.69 Å². The minimum Gasteiger partial charge on any atom is -0.493 e. The Kier molecular flexibility index (Phi) is 25.5. The lowest BCUT2D eigenvalue weighted by atomic mass is 10.00. The summed E-state index contributed by atoms with van der Waals surface area (Å²) in [6, 6.07) is 21.9. The second-order valence-corrected chi connectivity index (χ2v) is 20.8. The summed E-state index contributed by atoms with van der Waals surface area (Å²) in [5, 5.41) is 13.5. The maximum atomic E-state index is 14.4. The molecule has 70 heavy (non-hydrogen) atoms. The molecule has 5 aromatic rings. The molecule has 0 atom stereocenters. The third-order valence-corrected chi connectivity index (χ3v) is 14.6. The zero-order valence-corrected chi connectivity index (χ0v) is 45.2. The van der Waals surface area contributed by atoms with E-state index in [1.807, 2.05) is 6.07 Å². The molecule has 0 fully saturated rings. The highest BCUT2D eigenvalue weighted by atomic mass is 35.5. The smallest absolute Gasteiger partial charge is 0.287 e. The maximum absolute atomic E-state index is 14.4. The lowest BCUT2D eigenvalue weighted by molar-refractivity contribution is -0.116. The first kappa shape index (κ1) is 56.8. The van der Waals surface area contributed by atoms with Crippen molar-refractivity contribution in [1.29, 1.82) is 0 Å². The number of halogens is 4. The predicted molar refractivity (Wildman–Crippen MR) is 296 cm³/mol. The minimum atomic E-state index is -0.485. The number of benzene rings is 4. The Balaban J connectivity index is 1.23. The number of carbonyl (C=O) groups is 2. The molecule has 1 aromatic heterocycles. The van der Waals surface area contributed by atoms with Crippen LogP contribution in [-0.2, 0) is 17.6 Å². The maximum Gasteiger partial charge on any atom is 0.287 e. The van der Waals surface area contributed by atoms with Crippen LogP contribution in [0.1, 0.15) is 171 Å². The van der Waals surface area contributed by atoms with Crippen molar-refractivity contribution in [2.24, 2.45) is 0 Å². The Morgan fingerprint density at radius 2 is 1.31 bits per heavy atom.